The Balaban J connectivity index is 1.42. The fraction of sp³-hybridized carbons (Fsp3) is 0.318. The van der Waals surface area contributed by atoms with Gasteiger partial charge in [-0.05, 0) is 18.2 Å². The predicted molar refractivity (Wildman–Crippen MR) is 122 cm³/mol. The molecule has 0 saturated carbocycles. The van der Waals surface area contributed by atoms with Gasteiger partial charge in [0.1, 0.15) is 5.69 Å². The third-order valence-corrected chi connectivity index (χ3v) is 5.74. The van der Waals surface area contributed by atoms with E-state index in [1.165, 1.54) is 0 Å². The normalized spacial score (nSPS) is 15.8. The van der Waals surface area contributed by atoms with Crippen LogP contribution in [-0.2, 0) is 11.3 Å². The molecule has 3 aromatic heterocycles. The third-order valence-electron chi connectivity index (χ3n) is 5.50. The lowest BCUT2D eigenvalue weighted by atomic mass is 10.1. The van der Waals surface area contributed by atoms with E-state index in [0.29, 0.717) is 21.9 Å². The van der Waals surface area contributed by atoms with Crippen LogP contribution in [0, 0.1) is 0 Å². The number of morpholine rings is 1. The number of aromatic nitrogens is 5. The zero-order chi connectivity index (χ0) is 21.9. The summed E-state index contributed by atoms with van der Waals surface area (Å²) >= 11 is 6.23. The van der Waals surface area contributed by atoms with Crippen LogP contribution in [0.25, 0.3) is 16.9 Å². The summed E-state index contributed by atoms with van der Waals surface area (Å²) in [6, 6.07) is 9.33. The Hall–Kier alpha value is -2.98. The van der Waals surface area contributed by atoms with E-state index in [0.717, 1.165) is 50.7 Å². The van der Waals surface area contributed by atoms with Crippen LogP contribution < -0.4 is 5.32 Å². The van der Waals surface area contributed by atoms with Crippen LogP contribution in [0.4, 0.5) is 5.69 Å². The summed E-state index contributed by atoms with van der Waals surface area (Å²) in [6.45, 7) is 4.98. The average Bonchev–Trinajstić information content (AvgIpc) is 3.42. The smallest absolute Gasteiger partial charge is 0.162 e. The molecule has 10 heteroatoms. The molecule has 4 aromatic rings. The van der Waals surface area contributed by atoms with E-state index >= 15 is 0 Å². The minimum absolute atomic E-state index is 0.587. The number of aliphatic hydroxyl groups is 1. The second-order valence-corrected chi connectivity index (χ2v) is 8.09. The van der Waals surface area contributed by atoms with Crippen molar-refractivity contribution in [2.75, 3.05) is 38.2 Å². The number of benzene rings is 1. The second-order valence-electron chi connectivity index (χ2n) is 7.65. The van der Waals surface area contributed by atoms with Gasteiger partial charge >= 0.3 is 0 Å². The molecular weight excluding hydrogens is 430 g/mol. The van der Waals surface area contributed by atoms with Gasteiger partial charge in [-0.2, -0.15) is 10.2 Å². The molecule has 0 bridgehead atoms. The number of hydrogen-bond acceptors (Lipinski definition) is 7. The number of nitrogens with one attached hydrogen (secondary N) is 1. The van der Waals surface area contributed by atoms with Crippen molar-refractivity contribution in [1.82, 2.24) is 29.3 Å². The molecule has 0 spiro atoms. The van der Waals surface area contributed by atoms with Gasteiger partial charge in [0, 0.05) is 48.8 Å². The van der Waals surface area contributed by atoms with Crippen molar-refractivity contribution in [3.63, 3.8) is 0 Å². The highest BCUT2D eigenvalue weighted by Crippen LogP contribution is 2.31. The number of halogens is 1. The second kappa shape index (κ2) is 9.25. The highest BCUT2D eigenvalue weighted by molar-refractivity contribution is 6.30. The molecule has 1 aliphatic heterocycles. The van der Waals surface area contributed by atoms with Gasteiger partial charge < -0.3 is 15.2 Å². The molecule has 1 fully saturated rings. The van der Waals surface area contributed by atoms with E-state index in [2.05, 4.69) is 20.3 Å². The van der Waals surface area contributed by atoms with Crippen molar-refractivity contribution in [2.24, 2.45) is 0 Å². The number of nitrogens with zero attached hydrogens (tertiary/aromatic N) is 6. The van der Waals surface area contributed by atoms with E-state index in [1.54, 1.807) is 29.2 Å². The summed E-state index contributed by atoms with van der Waals surface area (Å²) in [5.41, 5.74) is 3.48. The fourth-order valence-electron chi connectivity index (χ4n) is 3.82. The molecule has 1 aliphatic rings. The van der Waals surface area contributed by atoms with E-state index in [9.17, 15) is 5.11 Å². The molecular formula is C22H24ClN7O2. The van der Waals surface area contributed by atoms with Gasteiger partial charge in [-0.3, -0.25) is 9.58 Å². The van der Waals surface area contributed by atoms with Crippen molar-refractivity contribution in [1.29, 1.82) is 0 Å². The molecule has 0 amide bonds. The molecule has 5 rings (SSSR count). The summed E-state index contributed by atoms with van der Waals surface area (Å²) in [5.74, 6) is 0. The zero-order valence-electron chi connectivity index (χ0n) is 17.4. The highest BCUT2D eigenvalue weighted by atomic mass is 35.5. The van der Waals surface area contributed by atoms with E-state index in [4.69, 9.17) is 21.4 Å². The maximum absolute atomic E-state index is 10.9. The van der Waals surface area contributed by atoms with Gasteiger partial charge in [0.05, 0.1) is 37.2 Å². The lowest BCUT2D eigenvalue weighted by Crippen LogP contribution is -2.38. The number of rotatable bonds is 7. The number of aliphatic hydroxyl groups excluding tert-OH is 1. The van der Waals surface area contributed by atoms with Crippen LogP contribution in [0.5, 0.6) is 0 Å². The maximum atomic E-state index is 10.9. The first-order chi connectivity index (χ1) is 15.7. The Bertz CT molecular complexity index is 1200. The summed E-state index contributed by atoms with van der Waals surface area (Å²) in [4.78, 5) is 6.69. The topological polar surface area (TPSA) is 92.7 Å². The summed E-state index contributed by atoms with van der Waals surface area (Å²) in [6.07, 6.45) is 5.99. The lowest BCUT2D eigenvalue weighted by molar-refractivity contribution is 0.0360. The van der Waals surface area contributed by atoms with Crippen LogP contribution in [0.2, 0.25) is 5.02 Å². The first kappa shape index (κ1) is 20.9. The van der Waals surface area contributed by atoms with Gasteiger partial charge in [0.2, 0.25) is 0 Å². The van der Waals surface area contributed by atoms with Crippen LogP contribution >= 0.6 is 11.6 Å². The molecule has 1 atom stereocenters. The summed E-state index contributed by atoms with van der Waals surface area (Å²) in [7, 11) is 0. The monoisotopic (exact) mass is 453 g/mol. The fourth-order valence-corrected chi connectivity index (χ4v) is 4.01. The van der Waals surface area contributed by atoms with Crippen molar-refractivity contribution < 1.29 is 9.84 Å². The molecule has 1 aromatic carbocycles. The largest absolute Gasteiger partial charge is 0.379 e. The van der Waals surface area contributed by atoms with Gasteiger partial charge in [-0.15, -0.1) is 0 Å². The Morgan fingerprint density at radius 3 is 2.91 bits per heavy atom. The van der Waals surface area contributed by atoms with Crippen molar-refractivity contribution in [3.05, 3.63) is 65.7 Å². The van der Waals surface area contributed by atoms with Crippen LogP contribution in [0.15, 0.2) is 55.1 Å². The summed E-state index contributed by atoms with van der Waals surface area (Å²) < 4.78 is 8.95. The van der Waals surface area contributed by atoms with Crippen LogP contribution in [0.1, 0.15) is 11.8 Å². The first-order valence-electron chi connectivity index (χ1n) is 10.5. The Morgan fingerprint density at radius 1 is 1.19 bits per heavy atom. The summed E-state index contributed by atoms with van der Waals surface area (Å²) in [5, 5.41) is 23.8. The predicted octanol–water partition coefficient (Wildman–Crippen LogP) is 2.68. The molecule has 166 valence electrons. The molecule has 9 nitrogen and oxygen atoms in total. The van der Waals surface area contributed by atoms with E-state index in [1.807, 2.05) is 35.1 Å². The molecule has 32 heavy (non-hydrogen) atoms. The minimum atomic E-state index is -1.00. The molecule has 2 N–H and O–H groups in total. The number of hydrogen-bond donors (Lipinski definition) is 2. The van der Waals surface area contributed by atoms with Crippen LogP contribution in [0.3, 0.4) is 0 Å². The molecule has 1 saturated heterocycles. The van der Waals surface area contributed by atoms with E-state index in [-0.39, 0.29) is 0 Å². The van der Waals surface area contributed by atoms with Crippen molar-refractivity contribution in [2.45, 2.75) is 12.8 Å². The molecule has 0 aliphatic carbocycles. The number of fused-ring (bicyclic) bond motifs is 1. The number of anilines is 1. The third kappa shape index (κ3) is 4.46. The van der Waals surface area contributed by atoms with Gasteiger partial charge in [0.25, 0.3) is 0 Å². The Kier molecular flexibility index (Phi) is 6.04. The molecule has 0 radical (unpaired) electrons. The lowest BCUT2D eigenvalue weighted by Gasteiger charge is -2.26. The SMILES string of the molecule is OC(Nc1cn(CCN2CCOCC2)nc1-c1cccc(Cl)c1)c1cnn2cccnc12. The highest BCUT2D eigenvalue weighted by Gasteiger charge is 2.19. The first-order valence-corrected chi connectivity index (χ1v) is 10.9. The number of ether oxygens (including phenoxy) is 1. The molecule has 1 unspecified atom stereocenters. The average molecular weight is 454 g/mol. The van der Waals surface area contributed by atoms with E-state index < -0.39 is 6.23 Å². The Labute approximate surface area is 190 Å². The van der Waals surface area contributed by atoms with Gasteiger partial charge in [-0.1, -0.05) is 23.7 Å². The Morgan fingerprint density at radius 2 is 2.06 bits per heavy atom. The van der Waals surface area contributed by atoms with Gasteiger partial charge in [0.15, 0.2) is 11.9 Å². The van der Waals surface area contributed by atoms with Crippen molar-refractivity contribution in [3.8, 4) is 11.3 Å². The zero-order valence-corrected chi connectivity index (χ0v) is 18.2. The quantitative estimate of drug-likeness (QED) is 0.415. The van der Waals surface area contributed by atoms with Crippen molar-refractivity contribution >= 4 is 22.9 Å². The van der Waals surface area contributed by atoms with Crippen LogP contribution in [-0.4, -0.2) is 67.2 Å². The maximum Gasteiger partial charge on any atom is 0.162 e. The molecule has 4 heterocycles. The minimum Gasteiger partial charge on any atom is -0.379 e. The van der Waals surface area contributed by atoms with Gasteiger partial charge in [-0.25, -0.2) is 9.50 Å². The standard InChI is InChI=1S/C22H24ClN7O2/c23-17-4-1-3-16(13-17)20-19(15-29(27-20)8-7-28-9-11-32-12-10-28)26-22(31)18-14-25-30-6-2-5-24-21(18)30/h1-6,13-15,22,26,31H,7-12H2.